The van der Waals surface area contributed by atoms with Crippen LogP contribution in [-0.2, 0) is 13.1 Å². The van der Waals surface area contributed by atoms with Gasteiger partial charge in [0.2, 0.25) is 0 Å². The normalized spacial score (nSPS) is 13.4. The SMILES string of the molecule is CC1=C(N)Nc2cc(CNCc3ccc(Cl)cc3)ccc2O1. The average Bonchev–Trinajstić information content (AvgIpc) is 2.51. The zero-order valence-electron chi connectivity index (χ0n) is 12.3. The molecule has 2 aromatic rings. The van der Waals surface area contributed by atoms with Gasteiger partial charge in [-0.2, -0.15) is 0 Å². The van der Waals surface area contributed by atoms with Crippen molar-refractivity contribution >= 4 is 17.3 Å². The summed E-state index contributed by atoms with van der Waals surface area (Å²) in [6.45, 7) is 3.40. The predicted octanol–water partition coefficient (Wildman–Crippen LogP) is 3.58. The Kier molecular flexibility index (Phi) is 4.22. The van der Waals surface area contributed by atoms with Crippen molar-refractivity contribution < 1.29 is 4.74 Å². The van der Waals surface area contributed by atoms with E-state index in [0.29, 0.717) is 11.6 Å². The summed E-state index contributed by atoms with van der Waals surface area (Å²) in [6, 6.07) is 13.9. The minimum Gasteiger partial charge on any atom is -0.456 e. The van der Waals surface area contributed by atoms with Gasteiger partial charge in [0.15, 0.2) is 5.75 Å². The van der Waals surface area contributed by atoms with Gasteiger partial charge >= 0.3 is 0 Å². The van der Waals surface area contributed by atoms with Crippen LogP contribution in [0.15, 0.2) is 54.0 Å². The molecule has 4 nitrogen and oxygen atoms in total. The van der Waals surface area contributed by atoms with E-state index in [4.69, 9.17) is 22.1 Å². The van der Waals surface area contributed by atoms with E-state index in [2.05, 4.69) is 10.6 Å². The molecule has 0 unspecified atom stereocenters. The molecular weight excluding hydrogens is 298 g/mol. The third kappa shape index (κ3) is 3.35. The lowest BCUT2D eigenvalue weighted by Gasteiger charge is -2.21. The molecule has 0 saturated carbocycles. The molecular formula is C17H18ClN3O. The third-order valence-corrected chi connectivity index (χ3v) is 3.78. The van der Waals surface area contributed by atoms with Crippen LogP contribution < -0.4 is 21.1 Å². The molecule has 0 spiro atoms. The maximum Gasteiger partial charge on any atom is 0.150 e. The number of anilines is 1. The minimum absolute atomic E-state index is 0.554. The van der Waals surface area contributed by atoms with Crippen molar-refractivity contribution in [3.05, 3.63) is 70.2 Å². The number of benzene rings is 2. The highest BCUT2D eigenvalue weighted by molar-refractivity contribution is 6.30. The van der Waals surface area contributed by atoms with Crippen molar-refractivity contribution in [3.8, 4) is 5.75 Å². The van der Waals surface area contributed by atoms with Crippen LogP contribution in [0.2, 0.25) is 5.02 Å². The summed E-state index contributed by atoms with van der Waals surface area (Å²) in [5.41, 5.74) is 9.11. The highest BCUT2D eigenvalue weighted by Gasteiger charge is 2.14. The Balaban J connectivity index is 1.61. The Hall–Kier alpha value is -2.17. The van der Waals surface area contributed by atoms with Crippen LogP contribution >= 0.6 is 11.6 Å². The van der Waals surface area contributed by atoms with E-state index in [9.17, 15) is 0 Å². The van der Waals surface area contributed by atoms with E-state index >= 15 is 0 Å². The lowest BCUT2D eigenvalue weighted by molar-refractivity contribution is 0.415. The number of fused-ring (bicyclic) bond motifs is 1. The molecule has 22 heavy (non-hydrogen) atoms. The van der Waals surface area contributed by atoms with Crippen molar-refractivity contribution in [1.29, 1.82) is 0 Å². The Bertz CT molecular complexity index is 710. The smallest absolute Gasteiger partial charge is 0.150 e. The molecule has 1 aliphatic heterocycles. The number of rotatable bonds is 4. The Labute approximate surface area is 134 Å². The number of halogens is 1. The van der Waals surface area contributed by atoms with E-state index in [1.165, 1.54) is 5.56 Å². The van der Waals surface area contributed by atoms with Gasteiger partial charge in [0.1, 0.15) is 11.6 Å². The van der Waals surface area contributed by atoms with Gasteiger partial charge in [-0.15, -0.1) is 0 Å². The molecule has 114 valence electrons. The molecule has 0 saturated heterocycles. The first-order valence-electron chi connectivity index (χ1n) is 7.11. The average molecular weight is 316 g/mol. The summed E-state index contributed by atoms with van der Waals surface area (Å²) in [5, 5.41) is 7.32. The van der Waals surface area contributed by atoms with E-state index in [1.54, 1.807) is 0 Å². The van der Waals surface area contributed by atoms with Gasteiger partial charge < -0.3 is 21.1 Å². The van der Waals surface area contributed by atoms with Gasteiger partial charge in [-0.25, -0.2) is 0 Å². The molecule has 0 bridgehead atoms. The van der Waals surface area contributed by atoms with Gasteiger partial charge in [0.05, 0.1) is 5.69 Å². The number of hydrogen-bond donors (Lipinski definition) is 3. The monoisotopic (exact) mass is 315 g/mol. The van der Waals surface area contributed by atoms with Crippen LogP contribution in [0.3, 0.4) is 0 Å². The lowest BCUT2D eigenvalue weighted by atomic mass is 10.1. The molecule has 4 N–H and O–H groups in total. The highest BCUT2D eigenvalue weighted by Crippen LogP contribution is 2.31. The minimum atomic E-state index is 0.554. The van der Waals surface area contributed by atoms with Crippen LogP contribution in [0.25, 0.3) is 0 Å². The summed E-state index contributed by atoms with van der Waals surface area (Å²) >= 11 is 5.88. The molecule has 2 aromatic carbocycles. The third-order valence-electron chi connectivity index (χ3n) is 3.53. The summed E-state index contributed by atoms with van der Waals surface area (Å²) in [7, 11) is 0. The van der Waals surface area contributed by atoms with Gasteiger partial charge in [0.25, 0.3) is 0 Å². The van der Waals surface area contributed by atoms with E-state index in [-0.39, 0.29) is 0 Å². The van der Waals surface area contributed by atoms with Gasteiger partial charge in [-0.05, 0) is 42.3 Å². The summed E-state index contributed by atoms with van der Waals surface area (Å²) in [6.07, 6.45) is 0. The number of hydrogen-bond acceptors (Lipinski definition) is 4. The molecule has 0 radical (unpaired) electrons. The van der Waals surface area contributed by atoms with Crippen LogP contribution in [-0.4, -0.2) is 0 Å². The molecule has 5 heteroatoms. The van der Waals surface area contributed by atoms with Crippen LogP contribution in [0, 0.1) is 0 Å². The van der Waals surface area contributed by atoms with Crippen molar-refractivity contribution in [2.45, 2.75) is 20.0 Å². The maximum atomic E-state index is 5.88. The Morgan fingerprint density at radius 1 is 1.09 bits per heavy atom. The van der Waals surface area contributed by atoms with E-state index in [0.717, 1.165) is 35.1 Å². The van der Waals surface area contributed by atoms with E-state index in [1.807, 2.05) is 49.4 Å². The van der Waals surface area contributed by atoms with Crippen LogP contribution in [0.4, 0.5) is 5.69 Å². The zero-order valence-corrected chi connectivity index (χ0v) is 13.1. The first kappa shape index (κ1) is 14.8. The zero-order chi connectivity index (χ0) is 15.5. The second-order valence-electron chi connectivity index (χ2n) is 5.26. The fraction of sp³-hybridized carbons (Fsp3) is 0.176. The lowest BCUT2D eigenvalue weighted by Crippen LogP contribution is -2.19. The predicted molar refractivity (Wildman–Crippen MR) is 89.6 cm³/mol. The van der Waals surface area contributed by atoms with Gasteiger partial charge in [-0.1, -0.05) is 29.8 Å². The van der Waals surface area contributed by atoms with Crippen molar-refractivity contribution in [1.82, 2.24) is 5.32 Å². The second kappa shape index (κ2) is 6.30. The first-order chi connectivity index (χ1) is 10.6. The molecule has 0 atom stereocenters. The highest BCUT2D eigenvalue weighted by atomic mass is 35.5. The van der Waals surface area contributed by atoms with E-state index < -0.39 is 0 Å². The number of nitrogens with two attached hydrogens (primary N) is 1. The topological polar surface area (TPSA) is 59.3 Å². The number of allylic oxidation sites excluding steroid dienone is 1. The molecule has 1 aliphatic rings. The standard InChI is InChI=1S/C17H18ClN3O/c1-11-17(19)21-15-8-13(4-7-16(15)22-11)10-20-9-12-2-5-14(18)6-3-12/h2-8,20-21H,9-10,19H2,1H3. The van der Waals surface area contributed by atoms with Crippen molar-refractivity contribution in [2.75, 3.05) is 5.32 Å². The molecule has 0 amide bonds. The Morgan fingerprint density at radius 2 is 1.77 bits per heavy atom. The fourth-order valence-corrected chi connectivity index (χ4v) is 2.41. The molecule has 3 rings (SSSR count). The Morgan fingerprint density at radius 3 is 2.55 bits per heavy atom. The van der Waals surface area contributed by atoms with Gasteiger partial charge in [-0.3, -0.25) is 0 Å². The quantitative estimate of drug-likeness (QED) is 0.807. The molecule has 0 aliphatic carbocycles. The fourth-order valence-electron chi connectivity index (χ4n) is 2.28. The first-order valence-corrected chi connectivity index (χ1v) is 7.49. The molecule has 0 aromatic heterocycles. The van der Waals surface area contributed by atoms with Gasteiger partial charge in [0, 0.05) is 18.1 Å². The second-order valence-corrected chi connectivity index (χ2v) is 5.69. The van der Waals surface area contributed by atoms with Crippen molar-refractivity contribution in [3.63, 3.8) is 0 Å². The summed E-state index contributed by atoms with van der Waals surface area (Å²) in [4.78, 5) is 0. The molecule has 1 heterocycles. The summed E-state index contributed by atoms with van der Waals surface area (Å²) < 4.78 is 5.64. The largest absolute Gasteiger partial charge is 0.456 e. The van der Waals surface area contributed by atoms with Crippen LogP contribution in [0.1, 0.15) is 18.1 Å². The van der Waals surface area contributed by atoms with Crippen LogP contribution in [0.5, 0.6) is 5.75 Å². The van der Waals surface area contributed by atoms with Crippen molar-refractivity contribution in [2.24, 2.45) is 5.73 Å². The molecule has 0 fully saturated rings. The summed E-state index contributed by atoms with van der Waals surface area (Å²) in [5.74, 6) is 2.05. The number of ether oxygens (including phenoxy) is 1. The number of nitrogens with one attached hydrogen (secondary N) is 2. The maximum absolute atomic E-state index is 5.88.